The first-order chi connectivity index (χ1) is 7.72. The van der Waals surface area contributed by atoms with Crippen molar-refractivity contribution >= 4 is 5.90 Å². The van der Waals surface area contributed by atoms with Crippen molar-refractivity contribution in [1.82, 2.24) is 14.8 Å². The van der Waals surface area contributed by atoms with Gasteiger partial charge in [-0.3, -0.25) is 15.1 Å². The Morgan fingerprint density at radius 2 is 2.06 bits per heavy atom. The smallest absolute Gasteiger partial charge is 0.231 e. The minimum atomic E-state index is 0.107. The van der Waals surface area contributed by atoms with E-state index in [-0.39, 0.29) is 5.90 Å². The van der Waals surface area contributed by atoms with Crippen LogP contribution in [-0.2, 0) is 11.8 Å². The second kappa shape index (κ2) is 4.14. The minimum Gasteiger partial charge on any atom is -0.480 e. The van der Waals surface area contributed by atoms with Crippen LogP contribution in [0.3, 0.4) is 0 Å². The largest absolute Gasteiger partial charge is 0.480 e. The van der Waals surface area contributed by atoms with Crippen LogP contribution in [0.25, 0.3) is 11.3 Å². The minimum absolute atomic E-state index is 0.107. The maximum atomic E-state index is 7.60. The number of methoxy groups -OCH3 is 1. The second-order valence-corrected chi connectivity index (χ2v) is 3.31. The summed E-state index contributed by atoms with van der Waals surface area (Å²) in [5.41, 5.74) is 2.43. The molecule has 2 heterocycles. The van der Waals surface area contributed by atoms with Gasteiger partial charge in [0, 0.05) is 25.0 Å². The van der Waals surface area contributed by atoms with Crippen LogP contribution in [0.5, 0.6) is 0 Å². The van der Waals surface area contributed by atoms with Crippen molar-refractivity contribution in [2.24, 2.45) is 7.05 Å². The molecule has 0 aliphatic rings. The molecule has 2 aromatic heterocycles. The molecule has 0 bridgehead atoms. The van der Waals surface area contributed by atoms with Gasteiger partial charge in [-0.25, -0.2) is 0 Å². The molecule has 0 radical (unpaired) electrons. The molecule has 0 aliphatic heterocycles. The van der Waals surface area contributed by atoms with E-state index in [0.717, 1.165) is 11.3 Å². The predicted molar refractivity (Wildman–Crippen MR) is 60.3 cm³/mol. The van der Waals surface area contributed by atoms with Gasteiger partial charge in [0.1, 0.15) is 5.69 Å². The van der Waals surface area contributed by atoms with E-state index in [2.05, 4.69) is 10.1 Å². The van der Waals surface area contributed by atoms with Crippen molar-refractivity contribution in [2.45, 2.75) is 0 Å². The fourth-order valence-electron chi connectivity index (χ4n) is 1.45. The number of aromatic nitrogens is 3. The quantitative estimate of drug-likeness (QED) is 0.610. The number of rotatable bonds is 2. The molecule has 0 atom stereocenters. The van der Waals surface area contributed by atoms with E-state index in [4.69, 9.17) is 10.1 Å². The molecule has 0 amide bonds. The molecule has 16 heavy (non-hydrogen) atoms. The van der Waals surface area contributed by atoms with Crippen molar-refractivity contribution in [3.8, 4) is 11.3 Å². The number of hydrogen-bond donors (Lipinski definition) is 1. The highest BCUT2D eigenvalue weighted by Gasteiger charge is 2.11. The number of nitrogens with one attached hydrogen (secondary N) is 1. The van der Waals surface area contributed by atoms with Crippen LogP contribution in [0.1, 0.15) is 5.69 Å². The van der Waals surface area contributed by atoms with Gasteiger partial charge in [-0.1, -0.05) is 0 Å². The van der Waals surface area contributed by atoms with Crippen LogP contribution in [0.4, 0.5) is 0 Å². The van der Waals surface area contributed by atoms with E-state index >= 15 is 0 Å². The third-order valence-corrected chi connectivity index (χ3v) is 2.29. The maximum Gasteiger partial charge on any atom is 0.231 e. The summed E-state index contributed by atoms with van der Waals surface area (Å²) in [4.78, 5) is 3.95. The average Bonchev–Trinajstić information content (AvgIpc) is 2.71. The van der Waals surface area contributed by atoms with Crippen LogP contribution in [0, 0.1) is 5.41 Å². The van der Waals surface area contributed by atoms with E-state index in [1.807, 2.05) is 18.2 Å². The highest BCUT2D eigenvalue weighted by molar-refractivity contribution is 5.90. The van der Waals surface area contributed by atoms with Gasteiger partial charge in [-0.15, -0.1) is 0 Å². The summed E-state index contributed by atoms with van der Waals surface area (Å²) in [5, 5.41) is 11.9. The Kier molecular flexibility index (Phi) is 2.68. The fraction of sp³-hybridized carbons (Fsp3) is 0.182. The predicted octanol–water partition coefficient (Wildman–Crippen LogP) is 1.45. The van der Waals surface area contributed by atoms with Crippen LogP contribution < -0.4 is 0 Å². The number of aryl methyl sites for hydroxylation is 1. The Morgan fingerprint density at radius 1 is 1.38 bits per heavy atom. The lowest BCUT2D eigenvalue weighted by Crippen LogP contribution is -2.07. The van der Waals surface area contributed by atoms with Crippen molar-refractivity contribution in [2.75, 3.05) is 7.11 Å². The molecule has 0 saturated carbocycles. The first-order valence-corrected chi connectivity index (χ1v) is 4.79. The lowest BCUT2D eigenvalue weighted by Gasteiger charge is -2.00. The molecule has 0 aromatic carbocycles. The van der Waals surface area contributed by atoms with Gasteiger partial charge in [0.25, 0.3) is 0 Å². The Hall–Kier alpha value is -2.17. The number of hydrogen-bond acceptors (Lipinski definition) is 4. The Labute approximate surface area is 93.2 Å². The highest BCUT2D eigenvalue weighted by Crippen LogP contribution is 2.17. The van der Waals surface area contributed by atoms with E-state index in [1.165, 1.54) is 7.11 Å². The topological polar surface area (TPSA) is 63.8 Å². The highest BCUT2D eigenvalue weighted by atomic mass is 16.5. The molecule has 0 saturated heterocycles. The van der Waals surface area contributed by atoms with Crippen LogP contribution in [0.2, 0.25) is 0 Å². The lowest BCUT2D eigenvalue weighted by atomic mass is 10.2. The molecular formula is C11H12N4O. The van der Waals surface area contributed by atoms with Crippen molar-refractivity contribution < 1.29 is 4.74 Å². The van der Waals surface area contributed by atoms with Crippen LogP contribution in [-0.4, -0.2) is 27.8 Å². The SMILES string of the molecule is COC(=N)c1cc(-c2ccncc2)nn1C. The zero-order chi connectivity index (χ0) is 11.5. The van der Waals surface area contributed by atoms with Crippen molar-refractivity contribution in [3.05, 3.63) is 36.3 Å². The summed E-state index contributed by atoms with van der Waals surface area (Å²) in [5.74, 6) is 0.107. The standard InChI is InChI=1S/C11H12N4O/c1-15-10(11(12)16-2)7-9(14-15)8-3-5-13-6-4-8/h3-7,12H,1-2H3. The number of ether oxygens (including phenoxy) is 1. The van der Waals surface area contributed by atoms with Crippen LogP contribution >= 0.6 is 0 Å². The number of nitrogens with zero attached hydrogens (tertiary/aromatic N) is 3. The van der Waals surface area contributed by atoms with Gasteiger partial charge in [0.05, 0.1) is 12.8 Å². The zero-order valence-electron chi connectivity index (χ0n) is 9.14. The van der Waals surface area contributed by atoms with Gasteiger partial charge in [0.2, 0.25) is 5.90 Å². The molecule has 0 fully saturated rings. The van der Waals surface area contributed by atoms with Gasteiger partial charge in [0.15, 0.2) is 0 Å². The Bertz CT molecular complexity index is 504. The lowest BCUT2D eigenvalue weighted by molar-refractivity contribution is 0.397. The third kappa shape index (κ3) is 1.79. The van der Waals surface area contributed by atoms with E-state index < -0.39 is 0 Å². The molecule has 5 nitrogen and oxygen atoms in total. The van der Waals surface area contributed by atoms with E-state index in [0.29, 0.717) is 5.69 Å². The molecule has 5 heteroatoms. The average molecular weight is 216 g/mol. The maximum absolute atomic E-state index is 7.60. The Morgan fingerprint density at radius 3 is 2.69 bits per heavy atom. The summed E-state index contributed by atoms with van der Waals surface area (Å²) >= 11 is 0. The van der Waals surface area contributed by atoms with Crippen molar-refractivity contribution in [1.29, 1.82) is 5.41 Å². The summed E-state index contributed by atoms with van der Waals surface area (Å²) in [7, 11) is 3.26. The summed E-state index contributed by atoms with van der Waals surface area (Å²) in [6.07, 6.45) is 3.43. The summed E-state index contributed by atoms with van der Waals surface area (Å²) in [6, 6.07) is 5.58. The molecule has 0 aliphatic carbocycles. The molecule has 1 N–H and O–H groups in total. The summed E-state index contributed by atoms with van der Waals surface area (Å²) < 4.78 is 6.50. The van der Waals surface area contributed by atoms with Gasteiger partial charge < -0.3 is 4.74 Å². The van der Waals surface area contributed by atoms with Gasteiger partial charge in [-0.05, 0) is 18.2 Å². The molecular weight excluding hydrogens is 204 g/mol. The molecule has 0 unspecified atom stereocenters. The fourth-order valence-corrected chi connectivity index (χ4v) is 1.45. The number of pyridine rings is 1. The van der Waals surface area contributed by atoms with E-state index in [9.17, 15) is 0 Å². The first kappa shape index (κ1) is 10.4. The zero-order valence-corrected chi connectivity index (χ0v) is 9.14. The third-order valence-electron chi connectivity index (χ3n) is 2.29. The molecule has 82 valence electrons. The Balaban J connectivity index is 2.42. The molecule has 2 rings (SSSR count). The molecule has 2 aromatic rings. The normalized spacial score (nSPS) is 10.1. The van der Waals surface area contributed by atoms with Gasteiger partial charge >= 0.3 is 0 Å². The monoisotopic (exact) mass is 216 g/mol. The summed E-state index contributed by atoms with van der Waals surface area (Å²) in [6.45, 7) is 0. The second-order valence-electron chi connectivity index (χ2n) is 3.31. The first-order valence-electron chi connectivity index (χ1n) is 4.79. The van der Waals surface area contributed by atoms with E-state index in [1.54, 1.807) is 24.1 Å². The van der Waals surface area contributed by atoms with Gasteiger partial charge in [-0.2, -0.15) is 5.10 Å². The molecule has 0 spiro atoms. The van der Waals surface area contributed by atoms with Crippen molar-refractivity contribution in [3.63, 3.8) is 0 Å². The van der Waals surface area contributed by atoms with Crippen LogP contribution in [0.15, 0.2) is 30.6 Å².